The van der Waals surface area contributed by atoms with Crippen molar-refractivity contribution in [2.24, 2.45) is 0 Å². The second-order valence-corrected chi connectivity index (χ2v) is 2.81. The van der Waals surface area contributed by atoms with E-state index in [1.54, 1.807) is 20.1 Å². The van der Waals surface area contributed by atoms with Gasteiger partial charge in [0.25, 0.3) is 0 Å². The van der Waals surface area contributed by atoms with E-state index < -0.39 is 6.10 Å². The predicted octanol–water partition coefficient (Wildman–Crippen LogP) is 1.45. The number of rotatable bonds is 4. The number of aliphatic hydroxyl groups excluding tert-OH is 1. The summed E-state index contributed by atoms with van der Waals surface area (Å²) in [5, 5.41) is 9.01. The van der Waals surface area contributed by atoms with Crippen LogP contribution >= 0.6 is 0 Å². The molecule has 0 aliphatic heterocycles. The summed E-state index contributed by atoms with van der Waals surface area (Å²) >= 11 is 0. The molecule has 1 N–H and O–H groups in total. The molecule has 72 valence electrons. The molecule has 0 radical (unpaired) electrons. The summed E-state index contributed by atoms with van der Waals surface area (Å²) in [5.41, 5.74) is 0. The van der Waals surface area contributed by atoms with Crippen LogP contribution < -0.4 is 9.47 Å². The van der Waals surface area contributed by atoms with Gasteiger partial charge in [-0.1, -0.05) is 12.1 Å². The van der Waals surface area contributed by atoms with Crippen LogP contribution in [0.5, 0.6) is 11.5 Å². The van der Waals surface area contributed by atoms with Crippen molar-refractivity contribution in [3.63, 3.8) is 0 Å². The smallest absolute Gasteiger partial charge is 0.161 e. The van der Waals surface area contributed by atoms with Crippen molar-refractivity contribution in [1.29, 1.82) is 0 Å². The number of hydrogen-bond acceptors (Lipinski definition) is 3. The highest BCUT2D eigenvalue weighted by atomic mass is 16.5. The highest BCUT2D eigenvalue weighted by molar-refractivity contribution is 5.39. The largest absolute Gasteiger partial charge is 0.493 e. The maximum Gasteiger partial charge on any atom is 0.161 e. The number of hydrogen-bond donors (Lipinski definition) is 1. The first-order valence-corrected chi connectivity index (χ1v) is 4.18. The zero-order valence-electron chi connectivity index (χ0n) is 7.86. The van der Waals surface area contributed by atoms with Gasteiger partial charge < -0.3 is 14.6 Å². The molecule has 1 rings (SSSR count). The van der Waals surface area contributed by atoms with E-state index in [-0.39, 0.29) is 6.61 Å². The lowest BCUT2D eigenvalue weighted by atomic mass is 10.3. The van der Waals surface area contributed by atoms with Crippen LogP contribution in [0.1, 0.15) is 6.92 Å². The number of methoxy groups -OCH3 is 1. The third kappa shape index (κ3) is 2.95. The van der Waals surface area contributed by atoms with Crippen LogP contribution in [-0.2, 0) is 0 Å². The molecule has 0 bridgehead atoms. The average molecular weight is 182 g/mol. The number of benzene rings is 1. The summed E-state index contributed by atoms with van der Waals surface area (Å²) in [6.45, 7) is 1.95. The average Bonchev–Trinajstić information content (AvgIpc) is 2.15. The highest BCUT2D eigenvalue weighted by Crippen LogP contribution is 2.25. The molecule has 1 atom stereocenters. The fraction of sp³-hybridized carbons (Fsp3) is 0.400. The van der Waals surface area contributed by atoms with Crippen molar-refractivity contribution in [3.05, 3.63) is 24.3 Å². The van der Waals surface area contributed by atoms with Crippen molar-refractivity contribution >= 4 is 0 Å². The van der Waals surface area contributed by atoms with E-state index in [9.17, 15) is 0 Å². The lowest BCUT2D eigenvalue weighted by Gasteiger charge is -2.11. The molecule has 0 aromatic heterocycles. The van der Waals surface area contributed by atoms with E-state index in [1.807, 2.05) is 18.2 Å². The molecule has 0 amide bonds. The van der Waals surface area contributed by atoms with Crippen LogP contribution in [-0.4, -0.2) is 24.9 Å². The fourth-order valence-electron chi connectivity index (χ4n) is 0.948. The van der Waals surface area contributed by atoms with Crippen molar-refractivity contribution in [2.75, 3.05) is 13.7 Å². The van der Waals surface area contributed by atoms with E-state index in [0.29, 0.717) is 11.5 Å². The quantitative estimate of drug-likeness (QED) is 0.766. The maximum absolute atomic E-state index is 9.01. The second kappa shape index (κ2) is 4.72. The number of ether oxygens (including phenoxy) is 2. The van der Waals surface area contributed by atoms with Crippen molar-refractivity contribution in [3.8, 4) is 11.5 Å². The lowest BCUT2D eigenvalue weighted by molar-refractivity contribution is 0.120. The molecule has 0 saturated carbocycles. The zero-order valence-corrected chi connectivity index (χ0v) is 7.86. The minimum atomic E-state index is -0.468. The van der Waals surface area contributed by atoms with Gasteiger partial charge in [-0.25, -0.2) is 0 Å². The first-order chi connectivity index (χ1) is 6.24. The minimum absolute atomic E-state index is 0.278. The molecule has 0 aliphatic carbocycles. The highest BCUT2D eigenvalue weighted by Gasteiger charge is 2.03. The van der Waals surface area contributed by atoms with Crippen molar-refractivity contribution < 1.29 is 14.6 Å². The van der Waals surface area contributed by atoms with E-state index in [2.05, 4.69) is 0 Å². The Morgan fingerprint density at radius 2 is 1.92 bits per heavy atom. The van der Waals surface area contributed by atoms with Crippen LogP contribution in [0.4, 0.5) is 0 Å². The molecular formula is C10H14O3. The van der Waals surface area contributed by atoms with Crippen LogP contribution in [0.2, 0.25) is 0 Å². The van der Waals surface area contributed by atoms with E-state index in [1.165, 1.54) is 0 Å². The standard InChI is InChI=1S/C10H14O3/c1-8(11)7-13-10-6-4-3-5-9(10)12-2/h3-6,8,11H,7H2,1-2H3/t8-/m0/s1. The Bertz CT molecular complexity index is 258. The number of aliphatic hydroxyl groups is 1. The Balaban J connectivity index is 2.64. The van der Waals surface area contributed by atoms with Gasteiger partial charge in [-0.05, 0) is 19.1 Å². The van der Waals surface area contributed by atoms with E-state index >= 15 is 0 Å². The van der Waals surface area contributed by atoms with Crippen molar-refractivity contribution in [2.45, 2.75) is 13.0 Å². The topological polar surface area (TPSA) is 38.7 Å². The fourth-order valence-corrected chi connectivity index (χ4v) is 0.948. The third-order valence-electron chi connectivity index (χ3n) is 1.55. The Morgan fingerprint density at radius 1 is 1.31 bits per heavy atom. The number of para-hydroxylation sites is 2. The maximum atomic E-state index is 9.01. The van der Waals surface area contributed by atoms with Gasteiger partial charge in [-0.2, -0.15) is 0 Å². The van der Waals surface area contributed by atoms with Gasteiger partial charge in [-0.3, -0.25) is 0 Å². The molecule has 0 saturated heterocycles. The Kier molecular flexibility index (Phi) is 3.58. The summed E-state index contributed by atoms with van der Waals surface area (Å²) in [4.78, 5) is 0. The van der Waals surface area contributed by atoms with Crippen LogP contribution in [0.3, 0.4) is 0 Å². The Labute approximate surface area is 77.9 Å². The van der Waals surface area contributed by atoms with Gasteiger partial charge in [0.05, 0.1) is 13.2 Å². The summed E-state index contributed by atoms with van der Waals surface area (Å²) in [7, 11) is 1.59. The lowest BCUT2D eigenvalue weighted by Crippen LogP contribution is -2.13. The normalized spacial score (nSPS) is 12.2. The molecule has 13 heavy (non-hydrogen) atoms. The zero-order chi connectivity index (χ0) is 9.68. The summed E-state index contributed by atoms with van der Waals surface area (Å²) < 4.78 is 10.4. The van der Waals surface area contributed by atoms with Gasteiger partial charge in [0.1, 0.15) is 6.61 Å². The molecule has 0 fully saturated rings. The molecule has 0 unspecified atom stereocenters. The summed E-state index contributed by atoms with van der Waals surface area (Å²) in [6.07, 6.45) is -0.468. The summed E-state index contributed by atoms with van der Waals surface area (Å²) in [5.74, 6) is 1.34. The van der Waals surface area contributed by atoms with Gasteiger partial charge >= 0.3 is 0 Å². The SMILES string of the molecule is COc1ccccc1OC[C@H](C)O. The third-order valence-corrected chi connectivity index (χ3v) is 1.55. The molecule has 0 aliphatic rings. The first kappa shape index (κ1) is 9.86. The summed E-state index contributed by atoms with van der Waals surface area (Å²) in [6, 6.07) is 7.35. The molecule has 0 spiro atoms. The van der Waals surface area contributed by atoms with E-state index in [4.69, 9.17) is 14.6 Å². The molecular weight excluding hydrogens is 168 g/mol. The molecule has 3 nitrogen and oxygen atoms in total. The second-order valence-electron chi connectivity index (χ2n) is 2.81. The van der Waals surface area contributed by atoms with Gasteiger partial charge in [0.15, 0.2) is 11.5 Å². The molecule has 0 heterocycles. The Morgan fingerprint density at radius 3 is 2.46 bits per heavy atom. The van der Waals surface area contributed by atoms with E-state index in [0.717, 1.165) is 0 Å². The van der Waals surface area contributed by atoms with Crippen molar-refractivity contribution in [1.82, 2.24) is 0 Å². The molecule has 3 heteroatoms. The van der Waals surface area contributed by atoms with Gasteiger partial charge in [-0.15, -0.1) is 0 Å². The van der Waals surface area contributed by atoms with Gasteiger partial charge in [0, 0.05) is 0 Å². The first-order valence-electron chi connectivity index (χ1n) is 4.18. The Hall–Kier alpha value is -1.22. The minimum Gasteiger partial charge on any atom is -0.493 e. The van der Waals surface area contributed by atoms with Crippen LogP contribution in [0, 0.1) is 0 Å². The van der Waals surface area contributed by atoms with Crippen LogP contribution in [0.15, 0.2) is 24.3 Å². The van der Waals surface area contributed by atoms with Gasteiger partial charge in [0.2, 0.25) is 0 Å². The predicted molar refractivity (Wildman–Crippen MR) is 50.2 cm³/mol. The van der Waals surface area contributed by atoms with Crippen LogP contribution in [0.25, 0.3) is 0 Å². The molecule has 1 aromatic rings. The molecule has 1 aromatic carbocycles. The monoisotopic (exact) mass is 182 g/mol.